The summed E-state index contributed by atoms with van der Waals surface area (Å²) in [5, 5.41) is 22.1. The van der Waals surface area contributed by atoms with Gasteiger partial charge in [0.2, 0.25) is 5.13 Å². The molecule has 26 heavy (non-hydrogen) atoms. The fourth-order valence-corrected chi connectivity index (χ4v) is 3.59. The number of benzene rings is 1. The highest BCUT2D eigenvalue weighted by molar-refractivity contribution is 9.10. The first-order valence-corrected chi connectivity index (χ1v) is 9.66. The summed E-state index contributed by atoms with van der Waals surface area (Å²) in [6.45, 7) is 2.77. The first kappa shape index (κ1) is 16.9. The number of aromatic nitrogens is 6. The van der Waals surface area contributed by atoms with Gasteiger partial charge in [0.1, 0.15) is 11.0 Å². The molecule has 0 amide bonds. The maximum atomic E-state index is 4.54. The van der Waals surface area contributed by atoms with E-state index in [0.29, 0.717) is 5.13 Å². The van der Waals surface area contributed by atoms with E-state index in [9.17, 15) is 0 Å². The van der Waals surface area contributed by atoms with E-state index in [-0.39, 0.29) is 6.04 Å². The summed E-state index contributed by atoms with van der Waals surface area (Å²) in [5.74, 6) is 0.748. The zero-order chi connectivity index (χ0) is 17.9. The molecule has 9 heteroatoms. The molecular formula is C17H16BrN7S. The second-order valence-electron chi connectivity index (χ2n) is 5.77. The Hall–Kier alpha value is -2.52. The lowest BCUT2D eigenvalue weighted by atomic mass is 10.2. The van der Waals surface area contributed by atoms with E-state index in [2.05, 4.69) is 53.8 Å². The van der Waals surface area contributed by atoms with Crippen molar-refractivity contribution in [2.45, 2.75) is 19.5 Å². The number of hydrogen-bond acceptors (Lipinski definition) is 6. The van der Waals surface area contributed by atoms with Gasteiger partial charge >= 0.3 is 0 Å². The van der Waals surface area contributed by atoms with E-state index >= 15 is 0 Å². The lowest BCUT2D eigenvalue weighted by Gasteiger charge is -2.06. The standard InChI is InChI=1S/C17H16BrN7S/c1-12(25-11-14(18)9-19-25)16-21-22-17(26-16)20-15-7-8-24(23-15)10-13-5-3-2-4-6-13/h2-9,11-12H,10H2,1H3,(H,20,22,23)/t12-/m1/s1. The van der Waals surface area contributed by atoms with E-state index < -0.39 is 0 Å². The average Bonchev–Trinajstić information content (AvgIpc) is 3.38. The number of rotatable bonds is 6. The van der Waals surface area contributed by atoms with Crippen molar-refractivity contribution in [2.75, 3.05) is 5.32 Å². The van der Waals surface area contributed by atoms with Crippen molar-refractivity contribution in [1.29, 1.82) is 0 Å². The number of nitrogens with zero attached hydrogens (tertiary/aromatic N) is 6. The van der Waals surface area contributed by atoms with Crippen LogP contribution in [0.5, 0.6) is 0 Å². The van der Waals surface area contributed by atoms with Crippen molar-refractivity contribution in [3.05, 3.63) is 70.0 Å². The molecule has 0 aliphatic heterocycles. The summed E-state index contributed by atoms with van der Waals surface area (Å²) < 4.78 is 4.68. The molecule has 1 N–H and O–H groups in total. The maximum absolute atomic E-state index is 4.54. The molecular weight excluding hydrogens is 414 g/mol. The highest BCUT2D eigenvalue weighted by Gasteiger charge is 2.15. The van der Waals surface area contributed by atoms with Crippen molar-refractivity contribution < 1.29 is 0 Å². The highest BCUT2D eigenvalue weighted by Crippen LogP contribution is 2.26. The Morgan fingerprint density at radius 3 is 2.81 bits per heavy atom. The minimum absolute atomic E-state index is 0.0185. The van der Waals surface area contributed by atoms with Crippen LogP contribution in [0.1, 0.15) is 23.5 Å². The lowest BCUT2D eigenvalue weighted by molar-refractivity contribution is 0.557. The minimum atomic E-state index is 0.0185. The van der Waals surface area contributed by atoms with Crippen LogP contribution < -0.4 is 5.32 Å². The third kappa shape index (κ3) is 3.83. The monoisotopic (exact) mass is 429 g/mol. The number of nitrogens with one attached hydrogen (secondary N) is 1. The van der Waals surface area contributed by atoms with Crippen molar-refractivity contribution in [3.8, 4) is 0 Å². The van der Waals surface area contributed by atoms with Gasteiger partial charge in [0.25, 0.3) is 0 Å². The average molecular weight is 430 g/mol. The highest BCUT2D eigenvalue weighted by atomic mass is 79.9. The van der Waals surface area contributed by atoms with E-state index in [1.54, 1.807) is 6.20 Å². The van der Waals surface area contributed by atoms with Crippen LogP contribution in [0.3, 0.4) is 0 Å². The van der Waals surface area contributed by atoms with Crippen LogP contribution in [0.25, 0.3) is 0 Å². The van der Waals surface area contributed by atoms with Crippen LogP contribution >= 0.6 is 27.3 Å². The first-order chi connectivity index (χ1) is 12.7. The summed E-state index contributed by atoms with van der Waals surface area (Å²) in [5.41, 5.74) is 1.21. The molecule has 4 rings (SSSR count). The summed E-state index contributed by atoms with van der Waals surface area (Å²) >= 11 is 4.90. The number of anilines is 2. The summed E-state index contributed by atoms with van der Waals surface area (Å²) in [4.78, 5) is 0. The summed E-state index contributed by atoms with van der Waals surface area (Å²) in [7, 11) is 0. The first-order valence-electron chi connectivity index (χ1n) is 8.05. The smallest absolute Gasteiger partial charge is 0.211 e. The van der Waals surface area contributed by atoms with Crippen molar-refractivity contribution in [1.82, 2.24) is 29.8 Å². The van der Waals surface area contributed by atoms with Gasteiger partial charge in [0.15, 0.2) is 5.82 Å². The Kier molecular flexibility index (Phi) is 4.81. The lowest BCUT2D eigenvalue weighted by Crippen LogP contribution is -2.06. The predicted octanol–water partition coefficient (Wildman–Crippen LogP) is 4.09. The molecule has 0 radical (unpaired) electrons. The van der Waals surface area contributed by atoms with Crippen LogP contribution in [-0.4, -0.2) is 29.8 Å². The summed E-state index contributed by atoms with van der Waals surface area (Å²) in [6.07, 6.45) is 5.63. The van der Waals surface area contributed by atoms with Gasteiger partial charge in [0, 0.05) is 18.5 Å². The molecule has 0 aliphatic rings. The molecule has 1 atom stereocenters. The number of hydrogen-bond donors (Lipinski definition) is 1. The molecule has 4 aromatic rings. The largest absolute Gasteiger partial charge is 0.313 e. The van der Waals surface area contributed by atoms with Crippen LogP contribution in [0.4, 0.5) is 10.9 Å². The SMILES string of the molecule is C[C@H](c1nnc(Nc2ccn(Cc3ccccc3)n2)s1)n1cc(Br)cn1. The minimum Gasteiger partial charge on any atom is -0.313 e. The number of halogens is 1. The molecule has 0 unspecified atom stereocenters. The van der Waals surface area contributed by atoms with Crippen molar-refractivity contribution in [3.63, 3.8) is 0 Å². The van der Waals surface area contributed by atoms with E-state index in [1.807, 2.05) is 52.9 Å². The van der Waals surface area contributed by atoms with Gasteiger partial charge in [-0.1, -0.05) is 41.7 Å². The maximum Gasteiger partial charge on any atom is 0.211 e. The predicted molar refractivity (Wildman–Crippen MR) is 105 cm³/mol. The molecule has 0 aliphatic carbocycles. The fraction of sp³-hybridized carbons (Fsp3) is 0.176. The molecule has 0 bridgehead atoms. The van der Waals surface area contributed by atoms with Crippen LogP contribution in [-0.2, 0) is 6.54 Å². The molecule has 1 aromatic carbocycles. The zero-order valence-electron chi connectivity index (χ0n) is 14.0. The second kappa shape index (κ2) is 7.38. The Morgan fingerprint density at radius 2 is 2.04 bits per heavy atom. The van der Waals surface area contributed by atoms with E-state index in [4.69, 9.17) is 0 Å². The van der Waals surface area contributed by atoms with Crippen molar-refractivity contribution >= 4 is 38.2 Å². The molecule has 0 saturated carbocycles. The molecule has 7 nitrogen and oxygen atoms in total. The molecule has 0 fully saturated rings. The van der Waals surface area contributed by atoms with Gasteiger partial charge in [-0.25, -0.2) is 0 Å². The normalized spacial score (nSPS) is 12.2. The van der Waals surface area contributed by atoms with Gasteiger partial charge in [-0.05, 0) is 28.4 Å². The third-order valence-corrected chi connectivity index (χ3v) is 5.25. The van der Waals surface area contributed by atoms with Gasteiger partial charge < -0.3 is 5.32 Å². The third-order valence-electron chi connectivity index (χ3n) is 3.83. The topological polar surface area (TPSA) is 73.5 Å². The molecule has 3 aromatic heterocycles. The molecule has 3 heterocycles. The van der Waals surface area contributed by atoms with Gasteiger partial charge in [-0.15, -0.1) is 10.2 Å². The summed E-state index contributed by atoms with van der Waals surface area (Å²) in [6, 6.07) is 12.2. The van der Waals surface area contributed by atoms with Crippen LogP contribution in [0.15, 0.2) is 59.5 Å². The van der Waals surface area contributed by atoms with E-state index in [0.717, 1.165) is 21.8 Å². The Balaban J connectivity index is 1.43. The van der Waals surface area contributed by atoms with E-state index in [1.165, 1.54) is 16.9 Å². The quantitative estimate of drug-likeness (QED) is 0.499. The fourth-order valence-electron chi connectivity index (χ4n) is 2.49. The Labute approximate surface area is 162 Å². The molecule has 0 saturated heterocycles. The zero-order valence-corrected chi connectivity index (χ0v) is 16.4. The Morgan fingerprint density at radius 1 is 1.19 bits per heavy atom. The van der Waals surface area contributed by atoms with Crippen LogP contribution in [0, 0.1) is 0 Å². The van der Waals surface area contributed by atoms with Gasteiger partial charge in [-0.3, -0.25) is 9.36 Å². The van der Waals surface area contributed by atoms with Gasteiger partial charge in [0.05, 0.1) is 17.2 Å². The molecule has 0 spiro atoms. The second-order valence-corrected chi connectivity index (χ2v) is 7.69. The molecule has 132 valence electrons. The Bertz CT molecular complexity index is 991. The van der Waals surface area contributed by atoms with Gasteiger partial charge in [-0.2, -0.15) is 10.2 Å². The van der Waals surface area contributed by atoms with Crippen molar-refractivity contribution in [2.24, 2.45) is 0 Å². The van der Waals surface area contributed by atoms with Crippen LogP contribution in [0.2, 0.25) is 0 Å².